The van der Waals surface area contributed by atoms with Gasteiger partial charge < -0.3 is 16.8 Å². The van der Waals surface area contributed by atoms with Gasteiger partial charge in [0.1, 0.15) is 0 Å². The third-order valence-electron chi connectivity index (χ3n) is 1.53. The van der Waals surface area contributed by atoms with E-state index in [1.54, 1.807) is 25.2 Å². The van der Waals surface area contributed by atoms with Crippen LogP contribution in [0.3, 0.4) is 0 Å². The average Bonchev–Trinajstić information content (AvgIpc) is 2.03. The van der Waals surface area contributed by atoms with Crippen LogP contribution in [0, 0.1) is 0 Å². The Morgan fingerprint density at radius 2 is 2.08 bits per heavy atom. The van der Waals surface area contributed by atoms with Crippen molar-refractivity contribution < 1.29 is 4.79 Å². The molecule has 0 bridgehead atoms. The molecule has 0 saturated heterocycles. The highest BCUT2D eigenvalue weighted by molar-refractivity contribution is 5.94. The van der Waals surface area contributed by atoms with Gasteiger partial charge in [0, 0.05) is 24.0 Å². The molecule has 1 rings (SSSR count). The van der Waals surface area contributed by atoms with Gasteiger partial charge in [-0.25, -0.2) is 0 Å². The molecule has 1 amide bonds. The molecule has 0 aliphatic carbocycles. The van der Waals surface area contributed by atoms with Crippen LogP contribution < -0.4 is 16.8 Å². The molecule has 0 radical (unpaired) electrons. The van der Waals surface area contributed by atoms with Gasteiger partial charge in [0.25, 0.3) is 0 Å². The Balaban J connectivity index is 3.15. The Kier molecular flexibility index (Phi) is 2.19. The molecule has 4 nitrogen and oxygen atoms in total. The van der Waals surface area contributed by atoms with Crippen molar-refractivity contribution in [2.45, 2.75) is 0 Å². The van der Waals surface area contributed by atoms with Crippen LogP contribution in [0.15, 0.2) is 18.2 Å². The van der Waals surface area contributed by atoms with Crippen molar-refractivity contribution in [3.63, 3.8) is 0 Å². The van der Waals surface area contributed by atoms with E-state index in [1.165, 1.54) is 0 Å². The monoisotopic (exact) mass is 165 g/mol. The summed E-state index contributed by atoms with van der Waals surface area (Å²) in [5.74, 6) is -0.473. The second-order valence-corrected chi connectivity index (χ2v) is 2.46. The van der Waals surface area contributed by atoms with E-state index in [0.717, 1.165) is 5.69 Å². The molecule has 1 aromatic rings. The minimum atomic E-state index is -0.473. The first-order valence-electron chi connectivity index (χ1n) is 3.51. The number of nitrogens with one attached hydrogen (secondary N) is 1. The van der Waals surface area contributed by atoms with Gasteiger partial charge in [-0.3, -0.25) is 4.79 Å². The number of nitrogens with two attached hydrogens (primary N) is 2. The molecule has 0 fully saturated rings. The molecule has 4 heteroatoms. The van der Waals surface area contributed by atoms with Crippen LogP contribution in [0.5, 0.6) is 0 Å². The second-order valence-electron chi connectivity index (χ2n) is 2.46. The highest BCUT2D eigenvalue weighted by atomic mass is 16.1. The van der Waals surface area contributed by atoms with Crippen molar-refractivity contribution in [1.82, 2.24) is 0 Å². The summed E-state index contributed by atoms with van der Waals surface area (Å²) in [7, 11) is 1.75. The van der Waals surface area contributed by atoms with Crippen molar-refractivity contribution in [3.05, 3.63) is 23.8 Å². The zero-order valence-corrected chi connectivity index (χ0v) is 6.79. The van der Waals surface area contributed by atoms with Crippen molar-refractivity contribution in [2.75, 3.05) is 18.1 Å². The molecule has 12 heavy (non-hydrogen) atoms. The summed E-state index contributed by atoms with van der Waals surface area (Å²) in [4.78, 5) is 10.8. The summed E-state index contributed by atoms with van der Waals surface area (Å²) >= 11 is 0. The van der Waals surface area contributed by atoms with E-state index in [-0.39, 0.29) is 0 Å². The lowest BCUT2D eigenvalue weighted by molar-refractivity contribution is 0.100. The van der Waals surface area contributed by atoms with E-state index in [9.17, 15) is 4.79 Å². The van der Waals surface area contributed by atoms with Gasteiger partial charge in [-0.15, -0.1) is 0 Å². The van der Waals surface area contributed by atoms with Crippen molar-refractivity contribution in [3.8, 4) is 0 Å². The molecule has 0 aliphatic rings. The molecule has 5 N–H and O–H groups in total. The molecule has 0 unspecified atom stereocenters. The normalized spacial score (nSPS) is 9.42. The first kappa shape index (κ1) is 8.39. The molecule has 0 saturated carbocycles. The molecule has 1 aromatic carbocycles. The zero-order chi connectivity index (χ0) is 9.14. The van der Waals surface area contributed by atoms with Crippen molar-refractivity contribution >= 4 is 17.3 Å². The number of anilines is 2. The van der Waals surface area contributed by atoms with Crippen LogP contribution in [0.4, 0.5) is 11.4 Å². The van der Waals surface area contributed by atoms with Crippen LogP contribution >= 0.6 is 0 Å². The smallest absolute Gasteiger partial charge is 0.248 e. The molecule has 0 aliphatic heterocycles. The minimum absolute atomic E-state index is 0.416. The maximum Gasteiger partial charge on any atom is 0.248 e. The highest BCUT2D eigenvalue weighted by Gasteiger charge is 2.02. The Bertz CT molecular complexity index is 309. The van der Waals surface area contributed by atoms with Gasteiger partial charge in [0.2, 0.25) is 5.91 Å². The fourth-order valence-corrected chi connectivity index (χ4v) is 0.938. The van der Waals surface area contributed by atoms with Gasteiger partial charge in [-0.1, -0.05) is 0 Å². The predicted molar refractivity (Wildman–Crippen MR) is 48.9 cm³/mol. The Morgan fingerprint density at radius 1 is 1.42 bits per heavy atom. The lowest BCUT2D eigenvalue weighted by atomic mass is 10.1. The SMILES string of the molecule is CNc1cc(N)cc(C(N)=O)c1. The minimum Gasteiger partial charge on any atom is -0.399 e. The van der Waals surface area contributed by atoms with E-state index in [2.05, 4.69) is 5.32 Å². The molecular formula is C8H11N3O. The van der Waals surface area contributed by atoms with Gasteiger partial charge in [-0.2, -0.15) is 0 Å². The number of carbonyl (C=O) groups is 1. The van der Waals surface area contributed by atoms with Crippen LogP contribution in [-0.4, -0.2) is 13.0 Å². The van der Waals surface area contributed by atoms with Crippen LogP contribution in [0.25, 0.3) is 0 Å². The number of hydrogen-bond acceptors (Lipinski definition) is 3. The standard InChI is InChI=1S/C8H11N3O/c1-11-7-3-5(8(10)12)2-6(9)4-7/h2-4,11H,9H2,1H3,(H2,10,12). The Morgan fingerprint density at radius 3 is 2.58 bits per heavy atom. The number of benzene rings is 1. The Labute approximate surface area is 70.6 Å². The molecule has 0 aromatic heterocycles. The number of amides is 1. The number of nitrogen functional groups attached to an aromatic ring is 1. The fourth-order valence-electron chi connectivity index (χ4n) is 0.938. The predicted octanol–water partition coefficient (Wildman–Crippen LogP) is 0.409. The van der Waals surface area contributed by atoms with Crippen LogP contribution in [-0.2, 0) is 0 Å². The third-order valence-corrected chi connectivity index (χ3v) is 1.53. The largest absolute Gasteiger partial charge is 0.399 e. The summed E-state index contributed by atoms with van der Waals surface area (Å²) in [6.07, 6.45) is 0. The lowest BCUT2D eigenvalue weighted by Crippen LogP contribution is -2.11. The van der Waals surface area contributed by atoms with E-state index >= 15 is 0 Å². The topological polar surface area (TPSA) is 81.1 Å². The van der Waals surface area contributed by atoms with E-state index < -0.39 is 5.91 Å². The van der Waals surface area contributed by atoms with Crippen molar-refractivity contribution in [2.24, 2.45) is 5.73 Å². The summed E-state index contributed by atoms with van der Waals surface area (Å²) < 4.78 is 0. The zero-order valence-electron chi connectivity index (χ0n) is 6.79. The quantitative estimate of drug-likeness (QED) is 0.555. The van der Waals surface area contributed by atoms with E-state index in [0.29, 0.717) is 11.3 Å². The maximum atomic E-state index is 10.8. The van der Waals surface area contributed by atoms with Crippen LogP contribution in [0.2, 0.25) is 0 Å². The van der Waals surface area contributed by atoms with Crippen LogP contribution in [0.1, 0.15) is 10.4 Å². The Hall–Kier alpha value is -1.71. The summed E-state index contributed by atoms with van der Waals surface area (Å²) in [5.41, 5.74) is 12.3. The number of hydrogen-bond donors (Lipinski definition) is 3. The van der Waals surface area contributed by atoms with E-state index in [4.69, 9.17) is 11.5 Å². The number of primary amides is 1. The average molecular weight is 165 g/mol. The highest BCUT2D eigenvalue weighted by Crippen LogP contribution is 2.15. The first-order valence-corrected chi connectivity index (χ1v) is 3.51. The number of rotatable bonds is 2. The molecular weight excluding hydrogens is 154 g/mol. The third kappa shape index (κ3) is 1.66. The molecule has 0 heterocycles. The van der Waals surface area contributed by atoms with Crippen molar-refractivity contribution in [1.29, 1.82) is 0 Å². The summed E-state index contributed by atoms with van der Waals surface area (Å²) in [5, 5.41) is 2.88. The maximum absolute atomic E-state index is 10.8. The lowest BCUT2D eigenvalue weighted by Gasteiger charge is -2.03. The molecule has 0 spiro atoms. The molecule has 0 atom stereocenters. The van der Waals surface area contributed by atoms with Gasteiger partial charge in [0.15, 0.2) is 0 Å². The molecule has 64 valence electrons. The summed E-state index contributed by atoms with van der Waals surface area (Å²) in [6.45, 7) is 0. The number of carbonyl (C=O) groups excluding carboxylic acids is 1. The van der Waals surface area contributed by atoms with Gasteiger partial charge >= 0.3 is 0 Å². The van der Waals surface area contributed by atoms with Gasteiger partial charge in [-0.05, 0) is 18.2 Å². The fraction of sp³-hybridized carbons (Fsp3) is 0.125. The first-order chi connectivity index (χ1) is 5.63. The summed E-state index contributed by atoms with van der Waals surface area (Å²) in [6, 6.07) is 4.92. The van der Waals surface area contributed by atoms with E-state index in [1.807, 2.05) is 0 Å². The second kappa shape index (κ2) is 3.13. The van der Waals surface area contributed by atoms with Gasteiger partial charge in [0.05, 0.1) is 0 Å².